The lowest BCUT2D eigenvalue weighted by Crippen LogP contribution is -2.39. The lowest BCUT2D eigenvalue weighted by molar-refractivity contribution is 0.253. The summed E-state index contributed by atoms with van der Waals surface area (Å²) < 4.78 is 3.80. The molecule has 0 bridgehead atoms. The van der Waals surface area contributed by atoms with Crippen molar-refractivity contribution >= 4 is 23.9 Å². The highest BCUT2D eigenvalue weighted by Crippen LogP contribution is 2.04. The van der Waals surface area contributed by atoms with Gasteiger partial charge in [0, 0.05) is 5.75 Å². The zero-order chi connectivity index (χ0) is 9.40. The van der Waals surface area contributed by atoms with E-state index in [1.165, 1.54) is 11.9 Å². The molecular formula is C6H14N4OS. The molecule has 0 aromatic rings. The summed E-state index contributed by atoms with van der Waals surface area (Å²) >= 11 is 1.32. The normalized spacial score (nSPS) is 11.2. The second-order valence-electron chi connectivity index (χ2n) is 2.15. The quantitative estimate of drug-likeness (QED) is 0.259. The van der Waals surface area contributed by atoms with Gasteiger partial charge in [0.25, 0.3) is 0 Å². The molecule has 0 aromatic heterocycles. The Labute approximate surface area is 76.1 Å². The van der Waals surface area contributed by atoms with Gasteiger partial charge in [-0.2, -0.15) is 4.40 Å². The topological polar surface area (TPSA) is 93.5 Å². The maximum atomic E-state index is 10.2. The van der Waals surface area contributed by atoms with E-state index in [4.69, 9.17) is 11.5 Å². The second kappa shape index (κ2) is 6.78. The van der Waals surface area contributed by atoms with Crippen molar-refractivity contribution in [1.82, 2.24) is 5.32 Å². The molecular weight excluding hydrogens is 176 g/mol. The fourth-order valence-electron chi connectivity index (χ4n) is 0.473. The van der Waals surface area contributed by atoms with E-state index < -0.39 is 6.03 Å². The van der Waals surface area contributed by atoms with Crippen LogP contribution in [-0.4, -0.2) is 17.7 Å². The minimum Gasteiger partial charge on any atom is -0.369 e. The third-order valence-electron chi connectivity index (χ3n) is 1.00. The van der Waals surface area contributed by atoms with Gasteiger partial charge in [0.15, 0.2) is 0 Å². The minimum absolute atomic E-state index is 0.0589. The van der Waals surface area contributed by atoms with Crippen molar-refractivity contribution in [3.8, 4) is 0 Å². The zero-order valence-corrected chi connectivity index (χ0v) is 7.86. The molecule has 0 atom stereocenters. The number of hydrogen-bond acceptors (Lipinski definition) is 3. The summed E-state index contributed by atoms with van der Waals surface area (Å²) in [5, 5.41) is 2.17. The highest BCUT2D eigenvalue weighted by Gasteiger charge is 1.94. The van der Waals surface area contributed by atoms with Gasteiger partial charge in [-0.1, -0.05) is 13.3 Å². The Morgan fingerprint density at radius 1 is 1.58 bits per heavy atom. The highest BCUT2D eigenvalue weighted by molar-refractivity contribution is 7.98. The standard InChI is InChI=1S/C6H14N4OS/c1-2-3-4-12-10-5(7)9-6(8)11/h2-4H2,1H3,(H5,7,8,9,10,11). The van der Waals surface area contributed by atoms with Crippen molar-refractivity contribution in [2.24, 2.45) is 15.9 Å². The predicted molar refractivity (Wildman–Crippen MR) is 51.7 cm³/mol. The van der Waals surface area contributed by atoms with Crippen molar-refractivity contribution in [1.29, 1.82) is 0 Å². The molecule has 12 heavy (non-hydrogen) atoms. The summed E-state index contributed by atoms with van der Waals surface area (Å²) in [6.07, 6.45) is 2.20. The van der Waals surface area contributed by atoms with Crippen LogP contribution in [0, 0.1) is 0 Å². The van der Waals surface area contributed by atoms with Crippen LogP contribution in [0.5, 0.6) is 0 Å². The van der Waals surface area contributed by atoms with E-state index in [0.29, 0.717) is 0 Å². The Balaban J connectivity index is 3.48. The van der Waals surface area contributed by atoms with Gasteiger partial charge >= 0.3 is 6.03 Å². The van der Waals surface area contributed by atoms with Gasteiger partial charge < -0.3 is 11.5 Å². The number of nitrogens with one attached hydrogen (secondary N) is 1. The van der Waals surface area contributed by atoms with E-state index in [1.807, 2.05) is 0 Å². The number of primary amides is 1. The molecule has 0 aliphatic carbocycles. The number of guanidine groups is 1. The third kappa shape index (κ3) is 7.20. The van der Waals surface area contributed by atoms with Crippen molar-refractivity contribution in [3.05, 3.63) is 0 Å². The molecule has 0 radical (unpaired) electrons. The van der Waals surface area contributed by atoms with E-state index in [9.17, 15) is 4.79 Å². The molecule has 0 unspecified atom stereocenters. The fraction of sp³-hybridized carbons (Fsp3) is 0.667. The Hall–Kier alpha value is -0.910. The number of amides is 2. The molecule has 2 amide bonds. The second-order valence-corrected chi connectivity index (χ2v) is 3.00. The molecule has 5 N–H and O–H groups in total. The van der Waals surface area contributed by atoms with E-state index in [-0.39, 0.29) is 5.96 Å². The van der Waals surface area contributed by atoms with Gasteiger partial charge in [0.05, 0.1) is 0 Å². The Kier molecular flexibility index (Phi) is 6.26. The summed E-state index contributed by atoms with van der Waals surface area (Å²) in [4.78, 5) is 10.2. The summed E-state index contributed by atoms with van der Waals surface area (Å²) in [5.74, 6) is 0.959. The summed E-state index contributed by atoms with van der Waals surface area (Å²) in [6.45, 7) is 2.09. The molecule has 0 heterocycles. The van der Waals surface area contributed by atoms with Crippen LogP contribution in [0.2, 0.25) is 0 Å². The molecule has 0 saturated heterocycles. The molecule has 5 nitrogen and oxygen atoms in total. The number of unbranched alkanes of at least 4 members (excludes halogenated alkanes) is 1. The number of carbonyl (C=O) groups is 1. The van der Waals surface area contributed by atoms with Crippen LogP contribution in [0.1, 0.15) is 19.8 Å². The molecule has 70 valence electrons. The smallest absolute Gasteiger partial charge is 0.318 e. The molecule has 6 heteroatoms. The van der Waals surface area contributed by atoms with Crippen molar-refractivity contribution < 1.29 is 4.79 Å². The summed E-state index contributed by atoms with van der Waals surface area (Å²) in [7, 11) is 0. The van der Waals surface area contributed by atoms with E-state index >= 15 is 0 Å². The van der Waals surface area contributed by atoms with Crippen LogP contribution in [0.15, 0.2) is 4.40 Å². The monoisotopic (exact) mass is 190 g/mol. The van der Waals surface area contributed by atoms with Gasteiger partial charge in [-0.3, -0.25) is 5.32 Å². The van der Waals surface area contributed by atoms with Gasteiger partial charge in [-0.15, -0.1) is 0 Å². The molecule has 0 spiro atoms. The van der Waals surface area contributed by atoms with Gasteiger partial charge in [-0.25, -0.2) is 4.79 Å². The van der Waals surface area contributed by atoms with Gasteiger partial charge in [0.1, 0.15) is 0 Å². The largest absolute Gasteiger partial charge is 0.369 e. The van der Waals surface area contributed by atoms with Crippen LogP contribution < -0.4 is 16.8 Å². The number of nitrogens with zero attached hydrogens (tertiary/aromatic N) is 1. The fourth-order valence-corrected chi connectivity index (χ4v) is 1.17. The van der Waals surface area contributed by atoms with E-state index in [1.54, 1.807) is 0 Å². The third-order valence-corrected chi connectivity index (χ3v) is 1.80. The number of urea groups is 1. The molecule has 0 aromatic carbocycles. The van der Waals surface area contributed by atoms with Crippen LogP contribution in [0.25, 0.3) is 0 Å². The zero-order valence-electron chi connectivity index (χ0n) is 7.04. The molecule has 0 saturated carbocycles. The van der Waals surface area contributed by atoms with Crippen molar-refractivity contribution in [2.75, 3.05) is 5.75 Å². The van der Waals surface area contributed by atoms with Crippen LogP contribution >= 0.6 is 11.9 Å². The number of carbonyl (C=O) groups excluding carboxylic acids is 1. The Morgan fingerprint density at radius 3 is 2.75 bits per heavy atom. The molecule has 0 aliphatic heterocycles. The summed E-state index contributed by atoms with van der Waals surface area (Å²) in [5.41, 5.74) is 10.1. The maximum absolute atomic E-state index is 10.2. The highest BCUT2D eigenvalue weighted by atomic mass is 32.2. The number of hydrogen-bond donors (Lipinski definition) is 3. The molecule has 0 aliphatic rings. The number of rotatable bonds is 4. The van der Waals surface area contributed by atoms with Crippen LogP contribution in [0.3, 0.4) is 0 Å². The van der Waals surface area contributed by atoms with Crippen molar-refractivity contribution in [3.63, 3.8) is 0 Å². The lowest BCUT2D eigenvalue weighted by atomic mass is 10.4. The number of nitrogens with two attached hydrogens (primary N) is 2. The van der Waals surface area contributed by atoms with E-state index in [0.717, 1.165) is 18.6 Å². The Bertz CT molecular complexity index is 171. The molecule has 0 fully saturated rings. The van der Waals surface area contributed by atoms with Crippen molar-refractivity contribution in [2.45, 2.75) is 19.8 Å². The SMILES string of the molecule is CCCCSN=C(N)NC(N)=O. The van der Waals surface area contributed by atoms with Gasteiger partial charge in [-0.05, 0) is 18.4 Å². The first kappa shape index (κ1) is 11.1. The first-order valence-electron chi connectivity index (χ1n) is 3.68. The summed E-state index contributed by atoms with van der Waals surface area (Å²) in [6, 6.07) is -0.688. The maximum Gasteiger partial charge on any atom is 0.318 e. The van der Waals surface area contributed by atoms with Gasteiger partial charge in [0.2, 0.25) is 5.96 Å². The lowest BCUT2D eigenvalue weighted by Gasteiger charge is -1.98. The average Bonchev–Trinajstić information content (AvgIpc) is 1.97. The van der Waals surface area contributed by atoms with Crippen LogP contribution in [-0.2, 0) is 0 Å². The predicted octanol–water partition coefficient (Wildman–Crippen LogP) is 0.418. The van der Waals surface area contributed by atoms with E-state index in [2.05, 4.69) is 16.6 Å². The minimum atomic E-state index is -0.688. The Morgan fingerprint density at radius 2 is 2.25 bits per heavy atom. The van der Waals surface area contributed by atoms with Crippen LogP contribution in [0.4, 0.5) is 4.79 Å². The average molecular weight is 190 g/mol. The first-order chi connectivity index (χ1) is 5.66. The first-order valence-corrected chi connectivity index (χ1v) is 4.63. The molecule has 0 rings (SSSR count).